The van der Waals surface area contributed by atoms with Gasteiger partial charge in [0.1, 0.15) is 0 Å². The summed E-state index contributed by atoms with van der Waals surface area (Å²) in [5, 5.41) is 16.3. The van der Waals surface area contributed by atoms with Crippen LogP contribution in [0.5, 0.6) is 0 Å². The van der Waals surface area contributed by atoms with E-state index in [4.69, 9.17) is 15.4 Å². The summed E-state index contributed by atoms with van der Waals surface area (Å²) in [5.74, 6) is 0. The molecule has 0 aromatic heterocycles. The van der Waals surface area contributed by atoms with Gasteiger partial charge in [0.2, 0.25) is 0 Å². The molecule has 0 atom stereocenters. The molecule has 0 amide bonds. The van der Waals surface area contributed by atoms with Gasteiger partial charge in [0.25, 0.3) is 0 Å². The van der Waals surface area contributed by atoms with Gasteiger partial charge < -0.3 is 10.1 Å². The Morgan fingerprint density at radius 2 is 1.88 bits per heavy atom. The summed E-state index contributed by atoms with van der Waals surface area (Å²) in [6, 6.07) is 1.75. The molecule has 0 spiro atoms. The van der Waals surface area contributed by atoms with Crippen LogP contribution in [0.25, 0.3) is 0 Å². The van der Waals surface area contributed by atoms with Gasteiger partial charge in [-0.2, -0.15) is 5.26 Å². The van der Waals surface area contributed by atoms with Crippen LogP contribution < -0.4 is 0 Å². The van der Waals surface area contributed by atoms with Crippen molar-refractivity contribution in [3.05, 3.63) is 10.1 Å². The molecule has 0 saturated heterocycles. The van der Waals surface area contributed by atoms with Crippen LogP contribution >= 0.6 is 9.53 Å². The molecule has 0 aliphatic carbocycles. The molecule has 0 fully saturated rings. The molecule has 0 radical (unpaired) electrons. The van der Waals surface area contributed by atoms with Crippen molar-refractivity contribution in [3.8, 4) is 6.07 Å². The Balaban J connectivity index is -0.0000000483. The van der Waals surface area contributed by atoms with E-state index < -0.39 is 0 Å². The number of halogens is 1. The standard InChI is InChI=1S/C2H3N.ClH.HNO2.Pd/c1-2-3;;2-1-3;/h1H3;1H;(H,2,3);/q;;;+2/p-2. The van der Waals surface area contributed by atoms with E-state index in [2.05, 4.69) is 27.7 Å². The first-order valence-corrected chi connectivity index (χ1v) is 3.21. The second-order valence-corrected chi connectivity index (χ2v) is 0.298. The van der Waals surface area contributed by atoms with Crippen LogP contribution in [0, 0.1) is 21.4 Å². The van der Waals surface area contributed by atoms with E-state index in [1.165, 1.54) is 6.92 Å². The van der Waals surface area contributed by atoms with E-state index in [1.807, 2.05) is 0 Å². The van der Waals surface area contributed by atoms with Crippen LogP contribution in [0.2, 0.25) is 0 Å². The number of hydrogen-bond donors (Lipinski definition) is 0. The average molecular weight is 229 g/mol. The number of hydrogen-bond acceptors (Lipinski definition) is 4. The third kappa shape index (κ3) is 5510. The van der Waals surface area contributed by atoms with Crippen molar-refractivity contribution in [2.24, 2.45) is 5.34 Å². The summed E-state index contributed by atoms with van der Waals surface area (Å²) in [5.41, 5.74) is 0. The Morgan fingerprint density at radius 1 is 1.88 bits per heavy atom. The Kier molecular flexibility index (Phi) is 135. The summed E-state index contributed by atoms with van der Waals surface area (Å²) >= 11 is 2.22. The summed E-state index contributed by atoms with van der Waals surface area (Å²) < 4.78 is 0. The van der Waals surface area contributed by atoms with E-state index in [0.29, 0.717) is 0 Å². The summed E-state index contributed by atoms with van der Waals surface area (Å²) in [6.07, 6.45) is 0. The Bertz CT molecular complexity index is 63.5. The van der Waals surface area contributed by atoms with Crippen molar-refractivity contribution < 1.29 is 18.2 Å². The topological polar surface area (TPSA) is 76.3 Å². The molecule has 0 aromatic carbocycles. The van der Waals surface area contributed by atoms with Crippen molar-refractivity contribution in [2.45, 2.75) is 6.92 Å². The summed E-state index contributed by atoms with van der Waals surface area (Å²) in [7, 11) is 4.49. The normalized spacial score (nSPS) is 3.38. The first kappa shape index (κ1) is 15.7. The van der Waals surface area contributed by atoms with Gasteiger partial charge in [0.05, 0.1) is 6.07 Å². The fraction of sp³-hybridized carbons (Fsp3) is 0.500. The molecule has 0 N–H and O–H groups in total. The second kappa shape index (κ2) is 68.8. The van der Waals surface area contributed by atoms with Crippen molar-refractivity contribution >= 4 is 9.53 Å². The van der Waals surface area contributed by atoms with E-state index in [9.17, 15) is 0 Å². The molecule has 0 heterocycles. The molecule has 0 aliphatic rings. The Morgan fingerprint density at radius 3 is 1.88 bits per heavy atom. The van der Waals surface area contributed by atoms with Gasteiger partial charge in [-0.1, -0.05) is 0 Å². The second-order valence-electron chi connectivity index (χ2n) is 0.298. The van der Waals surface area contributed by atoms with E-state index in [0.717, 1.165) is 5.34 Å². The zero-order valence-corrected chi connectivity index (χ0v) is 6.22. The molecule has 0 unspecified atom stereocenters. The van der Waals surface area contributed by atoms with Gasteiger partial charge in [0.15, 0.2) is 0 Å². The quantitative estimate of drug-likeness (QED) is 0.358. The molecule has 0 aromatic rings. The first-order chi connectivity index (χ1) is 3.83. The van der Waals surface area contributed by atoms with Crippen molar-refractivity contribution in [1.82, 2.24) is 0 Å². The van der Waals surface area contributed by atoms with Crippen LogP contribution in [0.3, 0.4) is 0 Å². The average Bonchev–Trinajstić information content (AvgIpc) is 1.75. The van der Waals surface area contributed by atoms with Crippen molar-refractivity contribution in [2.75, 3.05) is 0 Å². The monoisotopic (exact) mass is 228 g/mol. The molecule has 8 heavy (non-hydrogen) atoms. The van der Waals surface area contributed by atoms with E-state index >= 15 is 0 Å². The van der Waals surface area contributed by atoms with Crippen molar-refractivity contribution in [3.63, 3.8) is 0 Å². The molecular formula is C2H3ClN2O2Pd. The summed E-state index contributed by atoms with van der Waals surface area (Å²) in [6.45, 7) is 1.43. The zero-order chi connectivity index (χ0) is 7.41. The number of nitrogens with zero attached hydrogens (tertiary/aromatic N) is 2. The van der Waals surface area contributed by atoms with Gasteiger partial charge >= 0.3 is 27.7 Å². The number of nitriles is 1. The third-order valence-corrected chi connectivity index (χ3v) is 0. The van der Waals surface area contributed by atoms with Gasteiger partial charge in [0, 0.05) is 6.92 Å². The fourth-order valence-electron chi connectivity index (χ4n) is 0. The van der Waals surface area contributed by atoms with E-state index in [-0.39, 0.29) is 0 Å². The maximum atomic E-state index is 8.00. The minimum absolute atomic E-state index is 1.00. The van der Waals surface area contributed by atoms with Crippen LogP contribution in [0.4, 0.5) is 0 Å². The van der Waals surface area contributed by atoms with Crippen LogP contribution in [0.1, 0.15) is 6.92 Å². The molecule has 0 rings (SSSR count). The van der Waals surface area contributed by atoms with Gasteiger partial charge in [-0.05, 0) is 0 Å². The molecule has 4 nitrogen and oxygen atoms in total. The van der Waals surface area contributed by atoms with Crippen LogP contribution in [-0.2, 0) is 18.2 Å². The first-order valence-electron chi connectivity index (χ1n) is 1.21. The maximum absolute atomic E-state index is 8.00. The van der Waals surface area contributed by atoms with E-state index in [1.54, 1.807) is 6.07 Å². The fourth-order valence-corrected chi connectivity index (χ4v) is 0. The zero-order valence-electron chi connectivity index (χ0n) is 3.91. The molecule has 50 valence electrons. The predicted molar refractivity (Wildman–Crippen MR) is 26.3 cm³/mol. The SMILES string of the molecule is CC#N.O=N[O-].[Cl][Pd+]. The van der Waals surface area contributed by atoms with Crippen LogP contribution in [-0.4, -0.2) is 0 Å². The third-order valence-electron chi connectivity index (χ3n) is 0. The predicted octanol–water partition coefficient (Wildman–Crippen LogP) is 1.47. The molecule has 6 heteroatoms. The van der Waals surface area contributed by atoms with Gasteiger partial charge in [-0.3, -0.25) is 0 Å². The van der Waals surface area contributed by atoms with Crippen LogP contribution in [0.15, 0.2) is 5.34 Å². The Hall–Kier alpha value is -0.158. The molecular weight excluding hydrogens is 226 g/mol. The molecule has 0 bridgehead atoms. The molecule has 0 aliphatic heterocycles. The minimum atomic E-state index is 1.00. The van der Waals surface area contributed by atoms with Gasteiger partial charge in [-0.25, -0.2) is 0 Å². The molecule has 0 saturated carbocycles. The number of rotatable bonds is 0. The van der Waals surface area contributed by atoms with Gasteiger partial charge in [-0.15, -0.1) is 5.34 Å². The Labute approximate surface area is 61.8 Å². The summed E-state index contributed by atoms with van der Waals surface area (Å²) in [4.78, 5) is 8.00. The van der Waals surface area contributed by atoms with Crippen molar-refractivity contribution in [1.29, 1.82) is 5.26 Å².